The van der Waals surface area contributed by atoms with E-state index >= 15 is 0 Å². The number of urea groups is 1. The molecule has 0 heterocycles. The third-order valence-corrected chi connectivity index (χ3v) is 5.09. The number of hydrogen-bond donors (Lipinski definition) is 3. The van der Waals surface area contributed by atoms with Crippen LogP contribution in [0, 0.1) is 0 Å². The lowest BCUT2D eigenvalue weighted by Gasteiger charge is -2.21. The van der Waals surface area contributed by atoms with Gasteiger partial charge in [-0.1, -0.05) is 49.4 Å². The van der Waals surface area contributed by atoms with Crippen molar-refractivity contribution in [3.05, 3.63) is 34.9 Å². The highest BCUT2D eigenvalue weighted by Crippen LogP contribution is 2.21. The normalized spacial score (nSPS) is 17.1. The van der Waals surface area contributed by atoms with Crippen molar-refractivity contribution >= 4 is 29.5 Å². The number of rotatable bonds is 7. The Kier molecular flexibility index (Phi) is 8.57. The molecule has 0 aliphatic heterocycles. The maximum Gasteiger partial charge on any atom is 0.312 e. The average molecular weight is 410 g/mol. The summed E-state index contributed by atoms with van der Waals surface area (Å²) in [6.45, 7) is 1.54. The van der Waals surface area contributed by atoms with Crippen LogP contribution in [0.15, 0.2) is 24.3 Å². The fourth-order valence-electron chi connectivity index (χ4n) is 3.33. The van der Waals surface area contributed by atoms with Gasteiger partial charge in [0.05, 0.1) is 12.5 Å². The molecule has 1 aliphatic rings. The Morgan fingerprint density at radius 2 is 1.75 bits per heavy atom. The van der Waals surface area contributed by atoms with Gasteiger partial charge in [0.15, 0.2) is 6.10 Å². The highest BCUT2D eigenvalue weighted by atomic mass is 35.5. The summed E-state index contributed by atoms with van der Waals surface area (Å²) >= 11 is 5.87. The van der Waals surface area contributed by atoms with E-state index in [1.807, 2.05) is 0 Å². The van der Waals surface area contributed by atoms with Crippen LogP contribution in [0.4, 0.5) is 4.79 Å². The molecule has 8 heteroatoms. The van der Waals surface area contributed by atoms with Gasteiger partial charge >= 0.3 is 12.0 Å². The molecule has 28 heavy (non-hydrogen) atoms. The molecule has 1 fully saturated rings. The van der Waals surface area contributed by atoms with Crippen molar-refractivity contribution in [3.8, 4) is 0 Å². The molecule has 0 radical (unpaired) electrons. The minimum atomic E-state index is -0.907. The zero-order valence-corrected chi connectivity index (χ0v) is 16.8. The quantitative estimate of drug-likeness (QED) is 0.474. The Bertz CT molecular complexity index is 673. The molecule has 1 aromatic carbocycles. The number of carbonyl (C=O) groups excluding carboxylic acids is 3. The van der Waals surface area contributed by atoms with Gasteiger partial charge in [-0.25, -0.2) is 4.79 Å². The van der Waals surface area contributed by atoms with Gasteiger partial charge in [0.1, 0.15) is 0 Å². The standard InChI is InChI=1S/C20H28ClN3O4/c1-13(19(26)23-16-6-4-2-3-5-7-16)28-18(25)12-17(24-20(22)27)14-8-10-15(21)11-9-14/h8-11,13,16-17H,2-7,12H2,1H3,(H,23,26)(H3,22,24,27)/t13-,17-/m0/s1. The molecule has 1 aliphatic carbocycles. The number of primary amides is 1. The molecule has 1 saturated carbocycles. The van der Waals surface area contributed by atoms with Crippen molar-refractivity contribution in [1.82, 2.24) is 10.6 Å². The molecule has 0 bridgehead atoms. The molecule has 1 aromatic rings. The van der Waals surface area contributed by atoms with E-state index < -0.39 is 24.1 Å². The SMILES string of the molecule is C[C@H](OC(=O)C[C@H](NC(N)=O)c1ccc(Cl)cc1)C(=O)NC1CCCCCC1. The van der Waals surface area contributed by atoms with E-state index in [9.17, 15) is 14.4 Å². The minimum absolute atomic E-state index is 0.134. The summed E-state index contributed by atoms with van der Waals surface area (Å²) in [6.07, 6.45) is 5.43. The monoisotopic (exact) mass is 409 g/mol. The maximum atomic E-state index is 12.3. The molecule has 0 aromatic heterocycles. The lowest BCUT2D eigenvalue weighted by Crippen LogP contribution is -2.42. The molecule has 2 atom stereocenters. The second-order valence-electron chi connectivity index (χ2n) is 7.15. The second-order valence-corrected chi connectivity index (χ2v) is 7.58. The van der Waals surface area contributed by atoms with E-state index in [-0.39, 0.29) is 18.4 Å². The summed E-state index contributed by atoms with van der Waals surface area (Å²) in [5, 5.41) is 6.02. The highest BCUT2D eigenvalue weighted by Gasteiger charge is 2.24. The third kappa shape index (κ3) is 7.38. The number of nitrogens with two attached hydrogens (primary N) is 1. The number of amides is 3. The zero-order valence-electron chi connectivity index (χ0n) is 16.1. The van der Waals surface area contributed by atoms with Gasteiger partial charge < -0.3 is 21.1 Å². The summed E-state index contributed by atoms with van der Waals surface area (Å²) in [6, 6.07) is 5.40. The predicted molar refractivity (Wildman–Crippen MR) is 107 cm³/mol. The molecular weight excluding hydrogens is 382 g/mol. The average Bonchev–Trinajstić information content (AvgIpc) is 2.90. The van der Waals surface area contributed by atoms with Crippen molar-refractivity contribution in [2.45, 2.75) is 70.1 Å². The van der Waals surface area contributed by atoms with Crippen LogP contribution < -0.4 is 16.4 Å². The number of hydrogen-bond acceptors (Lipinski definition) is 4. The van der Waals surface area contributed by atoms with Crippen LogP contribution in [-0.2, 0) is 14.3 Å². The topological polar surface area (TPSA) is 111 Å². The van der Waals surface area contributed by atoms with Gasteiger partial charge in [0.2, 0.25) is 0 Å². The van der Waals surface area contributed by atoms with E-state index in [0.717, 1.165) is 25.7 Å². The Hall–Kier alpha value is -2.28. The van der Waals surface area contributed by atoms with Crippen LogP contribution in [0.2, 0.25) is 5.02 Å². The van der Waals surface area contributed by atoms with Gasteiger partial charge in [-0.3, -0.25) is 9.59 Å². The summed E-state index contributed by atoms with van der Waals surface area (Å²) in [5.74, 6) is -0.900. The lowest BCUT2D eigenvalue weighted by molar-refractivity contribution is -0.155. The van der Waals surface area contributed by atoms with Crippen molar-refractivity contribution in [2.75, 3.05) is 0 Å². The van der Waals surface area contributed by atoms with E-state index in [2.05, 4.69) is 10.6 Å². The van der Waals surface area contributed by atoms with E-state index in [1.54, 1.807) is 31.2 Å². The van der Waals surface area contributed by atoms with Crippen LogP contribution in [-0.4, -0.2) is 30.1 Å². The molecule has 2 rings (SSSR count). The Morgan fingerprint density at radius 3 is 2.32 bits per heavy atom. The van der Waals surface area contributed by atoms with Crippen LogP contribution in [0.5, 0.6) is 0 Å². The smallest absolute Gasteiger partial charge is 0.312 e. The van der Waals surface area contributed by atoms with E-state index in [4.69, 9.17) is 22.1 Å². The molecule has 4 N–H and O–H groups in total. The zero-order chi connectivity index (χ0) is 20.5. The third-order valence-electron chi connectivity index (χ3n) is 4.84. The van der Waals surface area contributed by atoms with Crippen LogP contribution in [0.25, 0.3) is 0 Å². The summed E-state index contributed by atoms with van der Waals surface area (Å²) < 4.78 is 5.27. The number of esters is 1. The van der Waals surface area contributed by atoms with E-state index in [0.29, 0.717) is 10.6 Å². The number of nitrogens with one attached hydrogen (secondary N) is 2. The molecule has 0 spiro atoms. The van der Waals surface area contributed by atoms with E-state index in [1.165, 1.54) is 12.8 Å². The van der Waals surface area contributed by atoms with Gasteiger partial charge in [-0.05, 0) is 37.5 Å². The first-order chi connectivity index (χ1) is 13.3. The molecule has 3 amide bonds. The minimum Gasteiger partial charge on any atom is -0.452 e. The van der Waals surface area contributed by atoms with Gasteiger partial charge in [-0.2, -0.15) is 0 Å². The van der Waals surface area contributed by atoms with Crippen LogP contribution in [0.1, 0.15) is 63.5 Å². The number of halogens is 1. The first-order valence-electron chi connectivity index (χ1n) is 9.66. The first-order valence-corrected chi connectivity index (χ1v) is 10.0. The second kappa shape index (κ2) is 10.9. The van der Waals surface area contributed by atoms with Gasteiger partial charge in [0, 0.05) is 11.1 Å². The van der Waals surface area contributed by atoms with Crippen LogP contribution in [0.3, 0.4) is 0 Å². The van der Waals surface area contributed by atoms with Crippen molar-refractivity contribution in [1.29, 1.82) is 0 Å². The summed E-state index contributed by atoms with van der Waals surface area (Å²) in [4.78, 5) is 35.9. The molecule has 0 saturated heterocycles. The van der Waals surface area contributed by atoms with Crippen molar-refractivity contribution in [3.63, 3.8) is 0 Å². The summed E-state index contributed by atoms with van der Waals surface area (Å²) in [7, 11) is 0. The Morgan fingerprint density at radius 1 is 1.14 bits per heavy atom. The number of carbonyl (C=O) groups is 3. The predicted octanol–water partition coefficient (Wildman–Crippen LogP) is 3.21. The van der Waals surface area contributed by atoms with Crippen molar-refractivity contribution in [2.24, 2.45) is 5.73 Å². The maximum absolute atomic E-state index is 12.3. The largest absolute Gasteiger partial charge is 0.452 e. The summed E-state index contributed by atoms with van der Waals surface area (Å²) in [5.41, 5.74) is 5.87. The first kappa shape index (κ1) is 22.0. The Labute approximate surface area is 170 Å². The number of ether oxygens (including phenoxy) is 1. The number of benzene rings is 1. The highest BCUT2D eigenvalue weighted by molar-refractivity contribution is 6.30. The molecular formula is C20H28ClN3O4. The van der Waals surface area contributed by atoms with Crippen LogP contribution >= 0.6 is 11.6 Å². The lowest BCUT2D eigenvalue weighted by atomic mass is 10.0. The molecule has 0 unspecified atom stereocenters. The van der Waals surface area contributed by atoms with Gasteiger partial charge in [-0.15, -0.1) is 0 Å². The fourth-order valence-corrected chi connectivity index (χ4v) is 3.45. The molecule has 154 valence electrons. The molecule has 7 nitrogen and oxygen atoms in total. The van der Waals surface area contributed by atoms with Crippen molar-refractivity contribution < 1.29 is 19.1 Å². The Balaban J connectivity index is 1.90. The fraction of sp³-hybridized carbons (Fsp3) is 0.550. The van der Waals surface area contributed by atoms with Gasteiger partial charge in [0.25, 0.3) is 5.91 Å².